The van der Waals surface area contributed by atoms with Crippen LogP contribution in [-0.4, -0.2) is 14.9 Å². The first-order valence-corrected chi connectivity index (χ1v) is 5.24. The molecule has 2 rings (SSSR count). The van der Waals surface area contributed by atoms with Gasteiger partial charge in [0, 0.05) is 23.6 Å². The molecule has 0 unspecified atom stereocenters. The van der Waals surface area contributed by atoms with Crippen LogP contribution in [0, 0.1) is 10.1 Å². The molecule has 0 aliphatic carbocycles. The maximum Gasteiger partial charge on any atom is 0.325 e. The van der Waals surface area contributed by atoms with Crippen molar-refractivity contribution in [3.8, 4) is 5.88 Å². The second-order valence-corrected chi connectivity index (χ2v) is 3.78. The molecule has 1 aromatic carbocycles. The maximum absolute atomic E-state index is 11.5. The van der Waals surface area contributed by atoms with Gasteiger partial charge in [0.2, 0.25) is 0 Å². The molecule has 98 valence electrons. The van der Waals surface area contributed by atoms with Crippen LogP contribution in [0.25, 0.3) is 0 Å². The summed E-state index contributed by atoms with van der Waals surface area (Å²) in [6.07, 6.45) is -0.220. The number of H-pyrrole nitrogens is 2. The Bertz CT molecular complexity index is 746. The summed E-state index contributed by atoms with van der Waals surface area (Å²) in [6, 6.07) is 5.77. The lowest BCUT2D eigenvalue weighted by molar-refractivity contribution is -0.385. The van der Waals surface area contributed by atoms with Gasteiger partial charge in [-0.15, -0.1) is 0 Å². The molecule has 0 spiro atoms. The number of para-hydroxylation sites is 1. The van der Waals surface area contributed by atoms with E-state index in [1.807, 2.05) is 9.97 Å². The van der Waals surface area contributed by atoms with E-state index in [0.29, 0.717) is 0 Å². The van der Waals surface area contributed by atoms with Crippen molar-refractivity contribution >= 4 is 5.69 Å². The van der Waals surface area contributed by atoms with Crippen molar-refractivity contribution in [1.82, 2.24) is 9.97 Å². The van der Waals surface area contributed by atoms with E-state index < -0.39 is 22.1 Å². The minimum absolute atomic E-state index is 0.187. The summed E-state index contributed by atoms with van der Waals surface area (Å²) >= 11 is 0. The summed E-state index contributed by atoms with van der Waals surface area (Å²) in [5.41, 5.74) is -1.95. The fourth-order valence-electron chi connectivity index (χ4n) is 1.68. The van der Waals surface area contributed by atoms with Crippen LogP contribution in [0.2, 0.25) is 0 Å². The van der Waals surface area contributed by atoms with Gasteiger partial charge in [-0.25, -0.2) is 4.79 Å². The minimum Gasteiger partial charge on any atom is -0.860 e. The number of aromatic nitrogens is 2. The zero-order valence-corrected chi connectivity index (χ0v) is 9.50. The van der Waals surface area contributed by atoms with Crippen LogP contribution < -0.4 is 16.4 Å². The molecule has 8 heteroatoms. The number of hydrogen-bond acceptors (Lipinski definition) is 5. The van der Waals surface area contributed by atoms with Crippen LogP contribution in [0.15, 0.2) is 33.9 Å². The van der Waals surface area contributed by atoms with E-state index in [1.165, 1.54) is 18.2 Å². The number of rotatable bonds is 3. The molecular formula is C11H8N3O5-. The zero-order chi connectivity index (χ0) is 14.0. The number of nitro groups is 1. The first-order valence-electron chi connectivity index (χ1n) is 5.24. The van der Waals surface area contributed by atoms with Crippen molar-refractivity contribution in [2.45, 2.75) is 6.42 Å². The lowest BCUT2D eigenvalue weighted by Gasteiger charge is -2.11. The van der Waals surface area contributed by atoms with Gasteiger partial charge in [-0.1, -0.05) is 18.2 Å². The predicted octanol–water partition coefficient (Wildman–Crippen LogP) is -0.364. The van der Waals surface area contributed by atoms with Gasteiger partial charge in [-0.3, -0.25) is 19.9 Å². The summed E-state index contributed by atoms with van der Waals surface area (Å²) in [4.78, 5) is 36.4. The van der Waals surface area contributed by atoms with Crippen LogP contribution in [-0.2, 0) is 6.42 Å². The first-order chi connectivity index (χ1) is 8.99. The molecule has 0 amide bonds. The van der Waals surface area contributed by atoms with E-state index in [1.54, 1.807) is 6.07 Å². The fraction of sp³-hybridized carbons (Fsp3) is 0.0909. The molecule has 0 saturated heterocycles. The number of nitro benzene ring substituents is 1. The molecule has 0 fully saturated rings. The highest BCUT2D eigenvalue weighted by molar-refractivity contribution is 5.43. The SMILES string of the molecule is O=c1[nH]c([O-])c(Cc2ccccc2[N+](=O)[O-])c(=O)[nH]1. The number of nitrogens with one attached hydrogen (secondary N) is 2. The largest absolute Gasteiger partial charge is 0.860 e. The Morgan fingerprint density at radius 2 is 1.84 bits per heavy atom. The molecule has 1 heterocycles. The lowest BCUT2D eigenvalue weighted by atomic mass is 10.1. The van der Waals surface area contributed by atoms with E-state index in [-0.39, 0.29) is 23.2 Å². The van der Waals surface area contributed by atoms with Crippen molar-refractivity contribution < 1.29 is 10.0 Å². The van der Waals surface area contributed by atoms with Crippen molar-refractivity contribution in [2.75, 3.05) is 0 Å². The van der Waals surface area contributed by atoms with Crippen LogP contribution in [0.4, 0.5) is 5.69 Å². The zero-order valence-electron chi connectivity index (χ0n) is 9.50. The minimum atomic E-state index is -0.902. The van der Waals surface area contributed by atoms with Crippen molar-refractivity contribution in [1.29, 1.82) is 0 Å². The molecule has 2 N–H and O–H groups in total. The average molecular weight is 262 g/mol. The van der Waals surface area contributed by atoms with Crippen LogP contribution in [0.1, 0.15) is 11.1 Å². The van der Waals surface area contributed by atoms with Gasteiger partial charge in [0.25, 0.3) is 11.2 Å². The highest BCUT2D eigenvalue weighted by Gasteiger charge is 2.14. The Morgan fingerprint density at radius 1 is 1.16 bits per heavy atom. The Balaban J connectivity index is 2.51. The molecule has 2 aromatic rings. The molecule has 8 nitrogen and oxygen atoms in total. The van der Waals surface area contributed by atoms with Gasteiger partial charge >= 0.3 is 5.69 Å². The molecule has 19 heavy (non-hydrogen) atoms. The van der Waals surface area contributed by atoms with Crippen LogP contribution in [0.5, 0.6) is 5.88 Å². The van der Waals surface area contributed by atoms with Crippen molar-refractivity contribution in [3.05, 3.63) is 66.3 Å². The van der Waals surface area contributed by atoms with E-state index in [4.69, 9.17) is 0 Å². The van der Waals surface area contributed by atoms with Crippen LogP contribution >= 0.6 is 0 Å². The average Bonchev–Trinajstić information content (AvgIpc) is 2.34. The molecule has 0 bridgehead atoms. The second kappa shape index (κ2) is 4.77. The predicted molar refractivity (Wildman–Crippen MR) is 63.0 cm³/mol. The molecule has 1 aromatic heterocycles. The lowest BCUT2D eigenvalue weighted by Crippen LogP contribution is -2.27. The second-order valence-electron chi connectivity index (χ2n) is 3.78. The Kier molecular flexibility index (Phi) is 3.15. The van der Waals surface area contributed by atoms with Crippen molar-refractivity contribution in [2.24, 2.45) is 0 Å². The number of hydrogen-bond donors (Lipinski definition) is 2. The van der Waals surface area contributed by atoms with Gasteiger partial charge in [-0.05, 0) is 5.88 Å². The highest BCUT2D eigenvalue weighted by atomic mass is 16.6. The molecule has 0 radical (unpaired) electrons. The van der Waals surface area contributed by atoms with E-state index in [0.717, 1.165) is 0 Å². The summed E-state index contributed by atoms with van der Waals surface area (Å²) < 4.78 is 0. The summed E-state index contributed by atoms with van der Waals surface area (Å²) in [5, 5.41) is 22.3. The smallest absolute Gasteiger partial charge is 0.325 e. The van der Waals surface area contributed by atoms with E-state index >= 15 is 0 Å². The monoisotopic (exact) mass is 262 g/mol. The van der Waals surface area contributed by atoms with E-state index in [2.05, 4.69) is 0 Å². The van der Waals surface area contributed by atoms with Gasteiger partial charge in [0.15, 0.2) is 0 Å². The Morgan fingerprint density at radius 3 is 2.47 bits per heavy atom. The molecule has 0 aliphatic rings. The summed E-state index contributed by atoms with van der Waals surface area (Å²) in [5.74, 6) is -0.841. The third-order valence-corrected chi connectivity index (χ3v) is 2.56. The van der Waals surface area contributed by atoms with Gasteiger partial charge in [0.1, 0.15) is 0 Å². The molecule has 0 saturated carbocycles. The molecule has 0 atom stereocenters. The summed E-state index contributed by atoms with van der Waals surface area (Å²) in [6.45, 7) is 0. The number of aromatic amines is 2. The standard InChI is InChI=1S/C11H9N3O5/c15-9-7(10(16)13-11(17)12-9)5-6-3-1-2-4-8(6)14(18)19/h1-4H,5H2,(H3,12,13,15,16,17)/p-1. The van der Waals surface area contributed by atoms with E-state index in [9.17, 15) is 24.8 Å². The third kappa shape index (κ3) is 2.51. The normalized spacial score (nSPS) is 10.3. The topological polar surface area (TPSA) is 132 Å². The quantitative estimate of drug-likeness (QED) is 0.575. The van der Waals surface area contributed by atoms with Crippen molar-refractivity contribution in [3.63, 3.8) is 0 Å². The Hall–Kier alpha value is -2.90. The summed E-state index contributed by atoms with van der Waals surface area (Å²) in [7, 11) is 0. The third-order valence-electron chi connectivity index (χ3n) is 2.56. The number of benzene rings is 1. The fourth-order valence-corrected chi connectivity index (χ4v) is 1.68. The first kappa shape index (κ1) is 12.6. The van der Waals surface area contributed by atoms with Gasteiger partial charge < -0.3 is 10.1 Å². The van der Waals surface area contributed by atoms with Gasteiger partial charge in [0.05, 0.1) is 4.92 Å². The van der Waals surface area contributed by atoms with Gasteiger partial charge in [-0.2, -0.15) is 0 Å². The maximum atomic E-state index is 11.5. The number of nitrogens with zero attached hydrogens (tertiary/aromatic N) is 1. The highest BCUT2D eigenvalue weighted by Crippen LogP contribution is 2.21. The molecule has 0 aliphatic heterocycles. The molecular weight excluding hydrogens is 254 g/mol. The Labute approximate surface area is 105 Å². The van der Waals surface area contributed by atoms with Crippen LogP contribution in [0.3, 0.4) is 0 Å².